The molecule has 0 aromatic heterocycles. The topological polar surface area (TPSA) is 86.6 Å². The van der Waals surface area contributed by atoms with E-state index in [9.17, 15) is 14.7 Å². The minimum atomic E-state index is -1.03. The van der Waals surface area contributed by atoms with Gasteiger partial charge in [-0.15, -0.1) is 0 Å². The van der Waals surface area contributed by atoms with Gasteiger partial charge in [-0.25, -0.2) is 0 Å². The second kappa shape index (κ2) is 5.49. The zero-order valence-corrected chi connectivity index (χ0v) is 10.4. The SMILES string of the molecule is CC(C)(CC(=O)NCC1CCC(O)C1)C(=O)O. The molecule has 0 aromatic rings. The molecule has 1 aliphatic rings. The third-order valence-corrected chi connectivity index (χ3v) is 3.28. The Morgan fingerprint density at radius 1 is 1.35 bits per heavy atom. The first kappa shape index (κ1) is 14.0. The van der Waals surface area contributed by atoms with E-state index in [1.54, 1.807) is 0 Å². The number of hydrogen-bond acceptors (Lipinski definition) is 3. The molecule has 0 spiro atoms. The summed E-state index contributed by atoms with van der Waals surface area (Å²) >= 11 is 0. The fourth-order valence-corrected chi connectivity index (χ4v) is 2.03. The molecule has 1 rings (SSSR count). The number of nitrogens with one attached hydrogen (secondary N) is 1. The van der Waals surface area contributed by atoms with Gasteiger partial charge in [-0.2, -0.15) is 0 Å². The molecular formula is C12H21NO4. The van der Waals surface area contributed by atoms with Crippen LogP contribution >= 0.6 is 0 Å². The van der Waals surface area contributed by atoms with E-state index in [1.807, 2.05) is 0 Å². The summed E-state index contributed by atoms with van der Waals surface area (Å²) in [6.07, 6.45) is 2.18. The van der Waals surface area contributed by atoms with Gasteiger partial charge in [0, 0.05) is 13.0 Å². The number of hydrogen-bond donors (Lipinski definition) is 3. The minimum Gasteiger partial charge on any atom is -0.481 e. The molecule has 3 N–H and O–H groups in total. The maximum Gasteiger partial charge on any atom is 0.309 e. The Bertz CT molecular complexity index is 301. The highest BCUT2D eigenvalue weighted by Crippen LogP contribution is 2.25. The number of carbonyl (C=O) groups is 2. The van der Waals surface area contributed by atoms with Crippen LogP contribution in [0, 0.1) is 11.3 Å². The van der Waals surface area contributed by atoms with Crippen LogP contribution in [0.1, 0.15) is 39.5 Å². The third-order valence-electron chi connectivity index (χ3n) is 3.28. The first-order valence-electron chi connectivity index (χ1n) is 5.99. The predicted octanol–water partition coefficient (Wildman–Crippen LogP) is 0.764. The molecule has 98 valence electrons. The smallest absolute Gasteiger partial charge is 0.309 e. The van der Waals surface area contributed by atoms with Gasteiger partial charge in [0.25, 0.3) is 0 Å². The first-order valence-corrected chi connectivity index (χ1v) is 5.99. The third kappa shape index (κ3) is 4.34. The van der Waals surface area contributed by atoms with E-state index in [1.165, 1.54) is 13.8 Å². The summed E-state index contributed by atoms with van der Waals surface area (Å²) in [5.74, 6) is -0.885. The molecule has 1 aliphatic carbocycles. The second-order valence-electron chi connectivity index (χ2n) is 5.50. The number of carboxylic acid groups (broad SMARTS) is 1. The number of carbonyl (C=O) groups excluding carboxylic acids is 1. The fraction of sp³-hybridized carbons (Fsp3) is 0.833. The number of aliphatic hydroxyl groups is 1. The molecular weight excluding hydrogens is 222 g/mol. The van der Waals surface area contributed by atoms with Crippen molar-refractivity contribution in [2.45, 2.75) is 45.6 Å². The molecule has 1 saturated carbocycles. The van der Waals surface area contributed by atoms with Crippen molar-refractivity contribution in [2.24, 2.45) is 11.3 Å². The van der Waals surface area contributed by atoms with Crippen molar-refractivity contribution in [1.82, 2.24) is 5.32 Å². The Morgan fingerprint density at radius 3 is 2.47 bits per heavy atom. The van der Waals surface area contributed by atoms with E-state index in [0.29, 0.717) is 12.5 Å². The Morgan fingerprint density at radius 2 is 2.00 bits per heavy atom. The van der Waals surface area contributed by atoms with E-state index in [0.717, 1.165) is 19.3 Å². The highest BCUT2D eigenvalue weighted by molar-refractivity contribution is 5.84. The Hall–Kier alpha value is -1.10. The summed E-state index contributed by atoms with van der Waals surface area (Å²) < 4.78 is 0. The van der Waals surface area contributed by atoms with Crippen molar-refractivity contribution in [1.29, 1.82) is 0 Å². The van der Waals surface area contributed by atoms with Crippen LogP contribution in [0.15, 0.2) is 0 Å². The molecule has 5 nitrogen and oxygen atoms in total. The summed E-state index contributed by atoms with van der Waals surface area (Å²) in [6, 6.07) is 0. The quantitative estimate of drug-likeness (QED) is 0.665. The number of rotatable bonds is 5. The number of carboxylic acids is 1. The number of aliphatic carboxylic acids is 1. The standard InChI is InChI=1S/C12H21NO4/c1-12(2,11(16)17)6-10(15)13-7-8-3-4-9(14)5-8/h8-9,14H,3-7H2,1-2H3,(H,13,15)(H,16,17). The molecule has 1 amide bonds. The van der Waals surface area contributed by atoms with Gasteiger partial charge in [-0.05, 0) is 39.0 Å². The molecule has 5 heteroatoms. The van der Waals surface area contributed by atoms with E-state index >= 15 is 0 Å². The molecule has 2 atom stereocenters. The Balaban J connectivity index is 2.28. The lowest BCUT2D eigenvalue weighted by atomic mass is 9.89. The lowest BCUT2D eigenvalue weighted by Crippen LogP contribution is -2.35. The molecule has 0 bridgehead atoms. The van der Waals surface area contributed by atoms with Crippen LogP contribution in [0.2, 0.25) is 0 Å². The summed E-state index contributed by atoms with van der Waals surface area (Å²) in [4.78, 5) is 22.4. The molecule has 0 heterocycles. The molecule has 0 aliphatic heterocycles. The second-order valence-corrected chi connectivity index (χ2v) is 5.50. The van der Waals surface area contributed by atoms with Crippen LogP contribution in [-0.2, 0) is 9.59 Å². The predicted molar refractivity (Wildman–Crippen MR) is 62.4 cm³/mol. The van der Waals surface area contributed by atoms with Gasteiger partial charge in [0.1, 0.15) is 0 Å². The van der Waals surface area contributed by atoms with Crippen LogP contribution in [0.3, 0.4) is 0 Å². The molecule has 0 saturated heterocycles. The van der Waals surface area contributed by atoms with Crippen LogP contribution < -0.4 is 5.32 Å². The average Bonchev–Trinajstić information content (AvgIpc) is 2.60. The molecule has 17 heavy (non-hydrogen) atoms. The molecule has 2 unspecified atom stereocenters. The van der Waals surface area contributed by atoms with Crippen LogP contribution in [-0.4, -0.2) is 34.7 Å². The highest BCUT2D eigenvalue weighted by Gasteiger charge is 2.30. The minimum absolute atomic E-state index is 0.0163. The van der Waals surface area contributed by atoms with Gasteiger partial charge in [-0.3, -0.25) is 9.59 Å². The van der Waals surface area contributed by atoms with E-state index < -0.39 is 11.4 Å². The van der Waals surface area contributed by atoms with E-state index in [2.05, 4.69) is 5.32 Å². The van der Waals surface area contributed by atoms with Crippen molar-refractivity contribution >= 4 is 11.9 Å². The first-order chi connectivity index (χ1) is 7.81. The average molecular weight is 243 g/mol. The molecule has 0 aromatic carbocycles. The van der Waals surface area contributed by atoms with Crippen molar-refractivity contribution in [3.05, 3.63) is 0 Å². The fourth-order valence-electron chi connectivity index (χ4n) is 2.03. The molecule has 0 radical (unpaired) electrons. The van der Waals surface area contributed by atoms with Crippen molar-refractivity contribution in [2.75, 3.05) is 6.54 Å². The highest BCUT2D eigenvalue weighted by atomic mass is 16.4. The Kier molecular flexibility index (Phi) is 4.51. The van der Waals surface area contributed by atoms with Crippen LogP contribution in [0.5, 0.6) is 0 Å². The number of amides is 1. The lowest BCUT2D eigenvalue weighted by molar-refractivity contribution is -0.149. The summed E-state index contributed by atoms with van der Waals surface area (Å²) in [5, 5.41) is 21.0. The van der Waals surface area contributed by atoms with Crippen LogP contribution in [0.25, 0.3) is 0 Å². The monoisotopic (exact) mass is 243 g/mol. The molecule has 1 fully saturated rings. The van der Waals surface area contributed by atoms with E-state index in [4.69, 9.17) is 5.11 Å². The zero-order chi connectivity index (χ0) is 13.1. The Labute approximate surface area is 101 Å². The maximum atomic E-state index is 11.6. The van der Waals surface area contributed by atoms with Gasteiger partial charge in [0.15, 0.2) is 0 Å². The summed E-state index contributed by atoms with van der Waals surface area (Å²) in [6.45, 7) is 3.61. The van der Waals surface area contributed by atoms with Gasteiger partial charge in [-0.1, -0.05) is 0 Å². The van der Waals surface area contributed by atoms with Gasteiger partial charge in [0.2, 0.25) is 5.91 Å². The summed E-state index contributed by atoms with van der Waals surface area (Å²) in [7, 11) is 0. The summed E-state index contributed by atoms with van der Waals surface area (Å²) in [5.41, 5.74) is -1.03. The van der Waals surface area contributed by atoms with Gasteiger partial charge >= 0.3 is 5.97 Å². The van der Waals surface area contributed by atoms with Crippen molar-refractivity contribution in [3.63, 3.8) is 0 Å². The van der Waals surface area contributed by atoms with Crippen molar-refractivity contribution in [3.8, 4) is 0 Å². The van der Waals surface area contributed by atoms with Crippen LogP contribution in [0.4, 0.5) is 0 Å². The van der Waals surface area contributed by atoms with E-state index in [-0.39, 0.29) is 18.4 Å². The maximum absolute atomic E-state index is 11.6. The number of aliphatic hydroxyl groups excluding tert-OH is 1. The van der Waals surface area contributed by atoms with Crippen molar-refractivity contribution < 1.29 is 19.8 Å². The lowest BCUT2D eigenvalue weighted by Gasteiger charge is -2.19. The normalized spacial score (nSPS) is 24.6. The van der Waals surface area contributed by atoms with Gasteiger partial charge in [0.05, 0.1) is 11.5 Å². The zero-order valence-electron chi connectivity index (χ0n) is 10.4. The van der Waals surface area contributed by atoms with Gasteiger partial charge < -0.3 is 15.5 Å². The largest absolute Gasteiger partial charge is 0.481 e.